The van der Waals surface area contributed by atoms with E-state index in [-0.39, 0.29) is 16.8 Å². The zero-order valence-corrected chi connectivity index (χ0v) is 20.9. The third-order valence-electron chi connectivity index (χ3n) is 6.65. The van der Waals surface area contributed by atoms with Crippen LogP contribution in [-0.4, -0.2) is 55.5 Å². The summed E-state index contributed by atoms with van der Waals surface area (Å²) in [6, 6.07) is 5.46. The van der Waals surface area contributed by atoms with Gasteiger partial charge in [0.25, 0.3) is 0 Å². The van der Waals surface area contributed by atoms with Crippen LogP contribution in [-0.2, 0) is 0 Å². The van der Waals surface area contributed by atoms with E-state index < -0.39 is 5.82 Å². The molecule has 3 heterocycles. The van der Waals surface area contributed by atoms with Crippen molar-refractivity contribution in [1.82, 2.24) is 20.0 Å². The maximum Gasteiger partial charge on any atom is 0.161 e. The molecule has 0 spiro atoms. The van der Waals surface area contributed by atoms with Crippen LogP contribution in [0, 0.1) is 5.82 Å². The highest BCUT2D eigenvalue weighted by Crippen LogP contribution is 2.32. The number of allylic oxidation sites excluding steroid dienone is 1. The molecule has 1 aromatic heterocycles. The molecule has 0 saturated carbocycles. The number of nitrogens with zero attached hydrogens (tertiary/aromatic N) is 5. The zero-order chi connectivity index (χ0) is 24.7. The van der Waals surface area contributed by atoms with Crippen molar-refractivity contribution in [3.05, 3.63) is 53.6 Å². The first kappa shape index (κ1) is 24.1. The summed E-state index contributed by atoms with van der Waals surface area (Å²) in [6.07, 6.45) is 8.03. The van der Waals surface area contributed by atoms with Crippen molar-refractivity contribution >= 4 is 11.5 Å². The fourth-order valence-corrected chi connectivity index (χ4v) is 5.25. The molecular weight excluding hydrogens is 431 g/mol. The van der Waals surface area contributed by atoms with E-state index >= 15 is 0 Å². The van der Waals surface area contributed by atoms with Gasteiger partial charge in [0.2, 0.25) is 0 Å². The molecule has 2 aliphatic heterocycles. The largest absolute Gasteiger partial charge is 0.507 e. The number of benzene rings is 1. The summed E-state index contributed by atoms with van der Waals surface area (Å²) in [5.74, 6) is 0.552. The molecule has 34 heavy (non-hydrogen) atoms. The van der Waals surface area contributed by atoms with Crippen LogP contribution >= 0.6 is 0 Å². The Bertz CT molecular complexity index is 1140. The van der Waals surface area contributed by atoms with Crippen molar-refractivity contribution in [2.45, 2.75) is 77.4 Å². The third kappa shape index (κ3) is 5.22. The van der Waals surface area contributed by atoms with E-state index in [1.54, 1.807) is 18.2 Å². The summed E-state index contributed by atoms with van der Waals surface area (Å²) in [6.45, 7) is 11.1. The number of aromatic nitrogens is 2. The van der Waals surface area contributed by atoms with Gasteiger partial charge < -0.3 is 15.3 Å². The lowest BCUT2D eigenvalue weighted by Gasteiger charge is -2.49. The number of amidine groups is 1. The molecule has 1 aromatic carbocycles. The number of halogens is 1. The maximum atomic E-state index is 13.3. The molecule has 1 fully saturated rings. The SMILES string of the molecule is CCC1=CC(c2ccc(-n3cc(F)cn3)cc2O)=NN=C(N(C)C2CC(C)(C)NC(C)(C)C2)C1. The van der Waals surface area contributed by atoms with E-state index in [0.717, 1.165) is 37.7 Å². The lowest BCUT2D eigenvalue weighted by atomic mass is 9.79. The van der Waals surface area contributed by atoms with E-state index in [0.29, 0.717) is 23.0 Å². The molecule has 2 N–H and O–H groups in total. The summed E-state index contributed by atoms with van der Waals surface area (Å²) in [5, 5.41) is 27.7. The van der Waals surface area contributed by atoms with E-state index in [1.807, 2.05) is 6.08 Å². The van der Waals surface area contributed by atoms with Crippen LogP contribution in [0.2, 0.25) is 0 Å². The predicted octanol–water partition coefficient (Wildman–Crippen LogP) is 4.80. The van der Waals surface area contributed by atoms with Crippen molar-refractivity contribution in [2.24, 2.45) is 10.2 Å². The van der Waals surface area contributed by atoms with Crippen LogP contribution in [0.15, 0.2) is 52.4 Å². The summed E-state index contributed by atoms with van der Waals surface area (Å²) in [5.41, 5.74) is 3.04. The quantitative estimate of drug-likeness (QED) is 0.679. The Morgan fingerprint density at radius 3 is 2.47 bits per heavy atom. The molecule has 4 rings (SSSR count). The molecule has 1 saturated heterocycles. The van der Waals surface area contributed by atoms with Crippen molar-refractivity contribution in [1.29, 1.82) is 0 Å². The minimum absolute atomic E-state index is 0.0366. The van der Waals surface area contributed by atoms with Gasteiger partial charge in [0.1, 0.15) is 11.6 Å². The first-order valence-electron chi connectivity index (χ1n) is 11.9. The highest BCUT2D eigenvalue weighted by molar-refractivity contribution is 6.12. The Hall–Kier alpha value is -3.00. The Balaban J connectivity index is 1.64. The Morgan fingerprint density at radius 1 is 1.18 bits per heavy atom. The highest BCUT2D eigenvalue weighted by Gasteiger charge is 2.40. The number of hydrogen-bond donors (Lipinski definition) is 2. The van der Waals surface area contributed by atoms with Gasteiger partial charge in [0, 0.05) is 42.2 Å². The number of piperidine rings is 1. The first-order valence-corrected chi connectivity index (χ1v) is 11.9. The summed E-state index contributed by atoms with van der Waals surface area (Å²) in [7, 11) is 2.12. The molecule has 0 radical (unpaired) electrons. The summed E-state index contributed by atoms with van der Waals surface area (Å²) >= 11 is 0. The Morgan fingerprint density at radius 2 is 1.88 bits per heavy atom. The van der Waals surface area contributed by atoms with Crippen LogP contribution in [0.4, 0.5) is 4.39 Å². The minimum atomic E-state index is -0.432. The Kier molecular flexibility index (Phi) is 6.38. The van der Waals surface area contributed by atoms with Crippen LogP contribution in [0.3, 0.4) is 0 Å². The van der Waals surface area contributed by atoms with Crippen molar-refractivity contribution in [3.63, 3.8) is 0 Å². The van der Waals surface area contributed by atoms with Crippen LogP contribution in [0.5, 0.6) is 5.75 Å². The Labute approximate surface area is 201 Å². The summed E-state index contributed by atoms with van der Waals surface area (Å²) in [4.78, 5) is 2.29. The number of nitrogens with one attached hydrogen (secondary N) is 1. The average molecular weight is 467 g/mol. The second-order valence-electron chi connectivity index (χ2n) is 10.7. The van der Waals surface area contributed by atoms with Gasteiger partial charge in [0.05, 0.1) is 23.8 Å². The predicted molar refractivity (Wildman–Crippen MR) is 134 cm³/mol. The molecule has 7 nitrogen and oxygen atoms in total. The van der Waals surface area contributed by atoms with E-state index in [9.17, 15) is 9.50 Å². The van der Waals surface area contributed by atoms with Gasteiger partial charge >= 0.3 is 0 Å². The van der Waals surface area contributed by atoms with Gasteiger partial charge in [-0.05, 0) is 65.2 Å². The molecular formula is C26H35FN6O. The van der Waals surface area contributed by atoms with Gasteiger partial charge in [-0.15, -0.1) is 10.2 Å². The molecule has 0 bridgehead atoms. The number of hydrogen-bond acceptors (Lipinski definition) is 6. The van der Waals surface area contributed by atoms with Gasteiger partial charge in [-0.2, -0.15) is 5.10 Å². The van der Waals surface area contributed by atoms with Gasteiger partial charge in [-0.1, -0.05) is 12.5 Å². The zero-order valence-electron chi connectivity index (χ0n) is 20.9. The van der Waals surface area contributed by atoms with Crippen LogP contribution < -0.4 is 5.32 Å². The fraction of sp³-hybridized carbons (Fsp3) is 0.500. The average Bonchev–Trinajstić information content (AvgIpc) is 3.06. The van der Waals surface area contributed by atoms with Gasteiger partial charge in [0.15, 0.2) is 5.82 Å². The highest BCUT2D eigenvalue weighted by atomic mass is 19.1. The molecule has 0 atom stereocenters. The van der Waals surface area contributed by atoms with Gasteiger partial charge in [-0.25, -0.2) is 9.07 Å². The monoisotopic (exact) mass is 466 g/mol. The number of aromatic hydroxyl groups is 1. The van der Waals surface area contributed by atoms with Crippen molar-refractivity contribution < 1.29 is 9.50 Å². The number of phenolic OH excluding ortho intramolecular Hbond substituents is 1. The lowest BCUT2D eigenvalue weighted by molar-refractivity contribution is 0.113. The number of phenols is 1. The maximum absolute atomic E-state index is 13.3. The standard InChI is InChI=1S/C26H35FN6O/c1-7-17-10-22(21-9-8-19(12-23(21)34)33-16-18(27)15-28-33)29-30-24(11-17)32(6)20-13-25(2,3)31-26(4,5)14-20/h8-10,12,15-16,20,31,34H,7,11,13-14H2,1-6H3. The fourth-order valence-electron chi connectivity index (χ4n) is 5.25. The van der Waals surface area contributed by atoms with Crippen molar-refractivity contribution in [3.8, 4) is 11.4 Å². The molecule has 0 amide bonds. The molecule has 0 aliphatic carbocycles. The smallest absolute Gasteiger partial charge is 0.161 e. The molecule has 2 aromatic rings. The van der Waals surface area contributed by atoms with E-state index in [1.165, 1.54) is 16.5 Å². The molecule has 2 aliphatic rings. The van der Waals surface area contributed by atoms with Crippen molar-refractivity contribution in [2.75, 3.05) is 7.05 Å². The minimum Gasteiger partial charge on any atom is -0.507 e. The van der Waals surface area contributed by atoms with Crippen LogP contribution in [0.1, 0.15) is 65.9 Å². The van der Waals surface area contributed by atoms with Gasteiger partial charge in [-0.3, -0.25) is 0 Å². The second-order valence-corrected chi connectivity index (χ2v) is 10.7. The third-order valence-corrected chi connectivity index (χ3v) is 6.65. The summed E-state index contributed by atoms with van der Waals surface area (Å²) < 4.78 is 14.7. The molecule has 0 unspecified atom stereocenters. The lowest BCUT2D eigenvalue weighted by Crippen LogP contribution is -2.62. The van der Waals surface area contributed by atoms with Crippen LogP contribution in [0.25, 0.3) is 5.69 Å². The normalized spacial score (nSPS) is 20.3. The molecule has 8 heteroatoms. The van der Waals surface area contributed by atoms with E-state index in [4.69, 9.17) is 0 Å². The van der Waals surface area contributed by atoms with E-state index in [2.05, 4.69) is 67.2 Å². The second kappa shape index (κ2) is 8.98. The molecule has 182 valence electrons. The first-order chi connectivity index (χ1) is 16.0. The number of rotatable bonds is 4. The topological polar surface area (TPSA) is 78.0 Å².